The predicted molar refractivity (Wildman–Crippen MR) is 72.3 cm³/mol. The van der Waals surface area contributed by atoms with Gasteiger partial charge in [-0.15, -0.1) is 0 Å². The van der Waals surface area contributed by atoms with Crippen LogP contribution in [0.3, 0.4) is 0 Å². The van der Waals surface area contributed by atoms with Crippen LogP contribution in [0.5, 0.6) is 0 Å². The zero-order valence-electron chi connectivity index (χ0n) is 10.9. The molecule has 0 spiro atoms. The van der Waals surface area contributed by atoms with Crippen LogP contribution in [0, 0.1) is 6.92 Å². The molecule has 2 aromatic rings. The first-order valence-corrected chi connectivity index (χ1v) is 6.97. The van der Waals surface area contributed by atoms with Gasteiger partial charge in [0.25, 0.3) is 5.91 Å². The molecule has 0 bridgehead atoms. The summed E-state index contributed by atoms with van der Waals surface area (Å²) in [5.41, 5.74) is 1.17. The second-order valence-corrected chi connectivity index (χ2v) is 4.89. The van der Waals surface area contributed by atoms with E-state index in [0.29, 0.717) is 17.0 Å². The summed E-state index contributed by atoms with van der Waals surface area (Å²) in [4.78, 5) is 23.1. The van der Waals surface area contributed by atoms with Gasteiger partial charge in [0.05, 0.1) is 6.42 Å². The summed E-state index contributed by atoms with van der Waals surface area (Å²) < 4.78 is 9.86. The van der Waals surface area contributed by atoms with Crippen molar-refractivity contribution >= 4 is 23.2 Å². The third-order valence-corrected chi connectivity index (χ3v) is 3.14. The average molecular weight is 294 g/mol. The summed E-state index contributed by atoms with van der Waals surface area (Å²) in [5, 5.41) is 9.93. The standard InChI is InChI=1S/C13H14N2O4S/c1-9-6-11(15-19-9)7-18-12(16)2-4-14-13(17)10-3-5-20-8-10/h3,5-6,8H,2,4,7H2,1H3,(H,14,17). The molecule has 0 saturated heterocycles. The van der Waals surface area contributed by atoms with Gasteiger partial charge >= 0.3 is 5.97 Å². The number of hydrogen-bond acceptors (Lipinski definition) is 6. The molecule has 0 aliphatic rings. The maximum atomic E-state index is 11.6. The summed E-state index contributed by atoms with van der Waals surface area (Å²) in [6.45, 7) is 2.08. The van der Waals surface area contributed by atoms with E-state index in [1.807, 2.05) is 5.38 Å². The van der Waals surface area contributed by atoms with E-state index in [1.165, 1.54) is 11.3 Å². The summed E-state index contributed by atoms with van der Waals surface area (Å²) in [5.74, 6) is 0.0847. The van der Waals surface area contributed by atoms with Crippen LogP contribution in [-0.4, -0.2) is 23.6 Å². The molecule has 0 unspecified atom stereocenters. The topological polar surface area (TPSA) is 81.4 Å². The minimum atomic E-state index is -0.392. The molecule has 6 nitrogen and oxygen atoms in total. The lowest BCUT2D eigenvalue weighted by molar-refractivity contribution is -0.144. The number of carbonyl (C=O) groups is 2. The Balaban J connectivity index is 1.64. The molecule has 0 aliphatic heterocycles. The highest BCUT2D eigenvalue weighted by Gasteiger charge is 2.08. The predicted octanol–water partition coefficient (Wildman–Crippen LogP) is 1.91. The highest BCUT2D eigenvalue weighted by atomic mass is 32.1. The summed E-state index contributed by atoms with van der Waals surface area (Å²) in [7, 11) is 0. The van der Waals surface area contributed by atoms with Gasteiger partial charge < -0.3 is 14.6 Å². The van der Waals surface area contributed by atoms with Crippen LogP contribution >= 0.6 is 11.3 Å². The molecule has 7 heteroatoms. The largest absolute Gasteiger partial charge is 0.459 e. The Labute approximate surface area is 119 Å². The van der Waals surface area contributed by atoms with Crippen molar-refractivity contribution in [3.63, 3.8) is 0 Å². The second kappa shape index (κ2) is 6.85. The molecule has 1 amide bonds. The lowest BCUT2D eigenvalue weighted by atomic mass is 10.3. The number of nitrogens with zero attached hydrogens (tertiary/aromatic N) is 1. The monoisotopic (exact) mass is 294 g/mol. The molecular formula is C13H14N2O4S. The summed E-state index contributed by atoms with van der Waals surface area (Å²) in [6, 6.07) is 3.43. The third kappa shape index (κ3) is 4.20. The van der Waals surface area contributed by atoms with Crippen molar-refractivity contribution in [3.8, 4) is 0 Å². The van der Waals surface area contributed by atoms with E-state index in [1.54, 1.807) is 24.4 Å². The van der Waals surface area contributed by atoms with Crippen LogP contribution in [0.4, 0.5) is 0 Å². The Morgan fingerprint density at radius 1 is 1.50 bits per heavy atom. The van der Waals surface area contributed by atoms with Gasteiger partial charge in [-0.2, -0.15) is 11.3 Å². The van der Waals surface area contributed by atoms with Gasteiger partial charge in [-0.3, -0.25) is 9.59 Å². The maximum Gasteiger partial charge on any atom is 0.307 e. The normalized spacial score (nSPS) is 10.2. The number of rotatable bonds is 6. The van der Waals surface area contributed by atoms with Crippen LogP contribution < -0.4 is 5.32 Å². The number of carbonyl (C=O) groups excluding carboxylic acids is 2. The number of aryl methyl sites for hydroxylation is 1. The smallest absolute Gasteiger partial charge is 0.307 e. The first-order chi connectivity index (χ1) is 9.65. The number of aromatic nitrogens is 1. The van der Waals surface area contributed by atoms with Crippen molar-refractivity contribution in [1.82, 2.24) is 10.5 Å². The molecule has 0 fully saturated rings. The Morgan fingerprint density at radius 2 is 2.35 bits per heavy atom. The van der Waals surface area contributed by atoms with Gasteiger partial charge in [0.15, 0.2) is 0 Å². The molecule has 0 aliphatic carbocycles. The van der Waals surface area contributed by atoms with Crippen molar-refractivity contribution in [1.29, 1.82) is 0 Å². The van der Waals surface area contributed by atoms with E-state index in [9.17, 15) is 9.59 Å². The molecular weight excluding hydrogens is 280 g/mol. The van der Waals surface area contributed by atoms with E-state index in [0.717, 1.165) is 0 Å². The zero-order valence-corrected chi connectivity index (χ0v) is 11.7. The number of nitrogens with one attached hydrogen (secondary N) is 1. The number of amides is 1. The quantitative estimate of drug-likeness (QED) is 0.823. The number of esters is 1. The van der Waals surface area contributed by atoms with E-state index in [2.05, 4.69) is 10.5 Å². The van der Waals surface area contributed by atoms with Crippen LogP contribution in [0.25, 0.3) is 0 Å². The van der Waals surface area contributed by atoms with E-state index in [-0.39, 0.29) is 25.5 Å². The molecule has 106 valence electrons. The number of hydrogen-bond donors (Lipinski definition) is 1. The molecule has 2 rings (SSSR count). The number of thiophene rings is 1. The van der Waals surface area contributed by atoms with Gasteiger partial charge in [0.2, 0.25) is 0 Å². The minimum absolute atomic E-state index is 0.0780. The van der Waals surface area contributed by atoms with Crippen molar-refractivity contribution in [2.45, 2.75) is 20.0 Å². The first-order valence-electron chi connectivity index (χ1n) is 6.03. The zero-order chi connectivity index (χ0) is 14.4. The average Bonchev–Trinajstić information content (AvgIpc) is 3.07. The highest BCUT2D eigenvalue weighted by Crippen LogP contribution is 2.05. The molecule has 0 atom stereocenters. The van der Waals surface area contributed by atoms with Crippen molar-refractivity contribution in [3.05, 3.63) is 39.9 Å². The van der Waals surface area contributed by atoms with Crippen LogP contribution in [-0.2, 0) is 16.1 Å². The Morgan fingerprint density at radius 3 is 3.00 bits per heavy atom. The molecule has 0 aromatic carbocycles. The van der Waals surface area contributed by atoms with Crippen molar-refractivity contribution in [2.75, 3.05) is 6.54 Å². The molecule has 0 saturated carbocycles. The minimum Gasteiger partial charge on any atom is -0.459 e. The lowest BCUT2D eigenvalue weighted by Gasteiger charge is -2.04. The summed E-state index contributed by atoms with van der Waals surface area (Å²) in [6.07, 6.45) is 0.118. The van der Waals surface area contributed by atoms with Crippen LogP contribution in [0.2, 0.25) is 0 Å². The molecule has 0 radical (unpaired) electrons. The van der Waals surface area contributed by atoms with Gasteiger partial charge in [0.1, 0.15) is 18.1 Å². The van der Waals surface area contributed by atoms with Crippen molar-refractivity contribution < 1.29 is 18.8 Å². The van der Waals surface area contributed by atoms with Crippen LogP contribution in [0.15, 0.2) is 27.4 Å². The third-order valence-electron chi connectivity index (χ3n) is 2.46. The van der Waals surface area contributed by atoms with Crippen molar-refractivity contribution in [2.24, 2.45) is 0 Å². The Bertz CT molecular complexity index is 577. The Hall–Kier alpha value is -2.15. The molecule has 1 N–H and O–H groups in total. The van der Waals surface area contributed by atoms with Gasteiger partial charge in [0, 0.05) is 23.6 Å². The van der Waals surface area contributed by atoms with Gasteiger partial charge in [-0.25, -0.2) is 0 Å². The molecule has 20 heavy (non-hydrogen) atoms. The first kappa shape index (κ1) is 14.3. The van der Waals surface area contributed by atoms with Gasteiger partial charge in [-0.05, 0) is 18.4 Å². The van der Waals surface area contributed by atoms with E-state index >= 15 is 0 Å². The summed E-state index contributed by atoms with van der Waals surface area (Å²) >= 11 is 1.45. The maximum absolute atomic E-state index is 11.6. The fraction of sp³-hybridized carbons (Fsp3) is 0.308. The van der Waals surface area contributed by atoms with E-state index in [4.69, 9.17) is 9.26 Å². The molecule has 2 heterocycles. The number of ether oxygens (including phenoxy) is 1. The van der Waals surface area contributed by atoms with Crippen LogP contribution in [0.1, 0.15) is 28.2 Å². The lowest BCUT2D eigenvalue weighted by Crippen LogP contribution is -2.26. The highest BCUT2D eigenvalue weighted by molar-refractivity contribution is 7.08. The SMILES string of the molecule is Cc1cc(COC(=O)CCNC(=O)c2ccsc2)no1. The van der Waals surface area contributed by atoms with E-state index < -0.39 is 5.97 Å². The van der Waals surface area contributed by atoms with Gasteiger partial charge in [-0.1, -0.05) is 5.16 Å². The fourth-order valence-electron chi connectivity index (χ4n) is 1.49. The molecule has 2 aromatic heterocycles. The fourth-order valence-corrected chi connectivity index (χ4v) is 2.12. The second-order valence-electron chi connectivity index (χ2n) is 4.11. The Kier molecular flexibility index (Phi) is 4.89.